The van der Waals surface area contributed by atoms with Crippen molar-refractivity contribution in [3.05, 3.63) is 33.7 Å². The van der Waals surface area contributed by atoms with Crippen molar-refractivity contribution in [3.8, 4) is 0 Å². The van der Waals surface area contributed by atoms with Crippen LogP contribution >= 0.6 is 0 Å². The molecule has 2 amide bonds. The minimum Gasteiger partial charge on any atom is -0.381 e. The average molecular weight is 547 g/mol. The molecule has 1 aromatic carbocycles. The van der Waals surface area contributed by atoms with Crippen LogP contribution in [-0.2, 0) is 33.5 Å². The number of nitrogens with zero attached hydrogens (tertiary/aromatic N) is 3. The maximum atomic E-state index is 13.8. The third-order valence-electron chi connectivity index (χ3n) is 9.01. The van der Waals surface area contributed by atoms with Gasteiger partial charge in [-0.1, -0.05) is 6.92 Å². The highest BCUT2D eigenvalue weighted by atomic mass is 19.4. The molecular weight excluding hydrogens is 520 g/mol. The Labute approximate surface area is 214 Å². The van der Waals surface area contributed by atoms with Crippen LogP contribution < -0.4 is 0 Å². The van der Waals surface area contributed by atoms with E-state index in [4.69, 9.17) is 4.74 Å². The van der Waals surface area contributed by atoms with Crippen LogP contribution in [0.25, 0.3) is 0 Å². The number of rotatable bonds is 3. The molecule has 1 aliphatic carbocycles. The zero-order chi connectivity index (χ0) is 27.6. The number of carbonyl (C=O) groups excluding carboxylic acids is 2. The predicted molar refractivity (Wildman–Crippen MR) is 121 cm³/mol. The van der Waals surface area contributed by atoms with E-state index in [1.807, 2.05) is 6.92 Å². The summed E-state index contributed by atoms with van der Waals surface area (Å²) in [6.07, 6.45) is -8.59. The van der Waals surface area contributed by atoms with Crippen LogP contribution in [0.2, 0.25) is 0 Å². The van der Waals surface area contributed by atoms with Crippen LogP contribution in [0.15, 0.2) is 17.3 Å². The van der Waals surface area contributed by atoms with E-state index in [2.05, 4.69) is 5.18 Å². The Bertz CT molecular complexity index is 1150. The molecule has 3 heterocycles. The zero-order valence-corrected chi connectivity index (χ0v) is 20.6. The van der Waals surface area contributed by atoms with E-state index in [9.17, 15) is 40.8 Å². The van der Waals surface area contributed by atoms with E-state index < -0.39 is 47.4 Å². The fourth-order valence-corrected chi connectivity index (χ4v) is 7.11. The lowest BCUT2D eigenvalue weighted by atomic mass is 9.73. The molecule has 208 valence electrons. The number of halogens is 6. The summed E-state index contributed by atoms with van der Waals surface area (Å²) in [4.78, 5) is 40.2. The summed E-state index contributed by atoms with van der Waals surface area (Å²) < 4.78 is 86.3. The van der Waals surface area contributed by atoms with Crippen LogP contribution in [0, 0.1) is 16.2 Å². The van der Waals surface area contributed by atoms with E-state index in [0.29, 0.717) is 11.6 Å². The topological polar surface area (TPSA) is 79.3 Å². The maximum Gasteiger partial charge on any atom is 0.471 e. The van der Waals surface area contributed by atoms with Crippen molar-refractivity contribution in [2.45, 2.75) is 82.5 Å². The van der Waals surface area contributed by atoms with Gasteiger partial charge in [-0.3, -0.25) is 9.59 Å². The minimum atomic E-state index is -5.06. The van der Waals surface area contributed by atoms with Gasteiger partial charge in [-0.15, -0.1) is 4.91 Å². The number of nitroso groups, excluding NO2 is 1. The van der Waals surface area contributed by atoms with E-state index in [1.54, 1.807) is 0 Å². The van der Waals surface area contributed by atoms with Crippen LogP contribution in [0.4, 0.5) is 32.0 Å². The standard InChI is InChI=1S/C25H27F6N3O4/c1-13-20-10-18-14(8-15(24(26,27)28)9-19(18)32-37)12-33(20)21(35)23(13)5-2-17(11-23)34(22(36)25(29,30)31)16-3-6-38-7-4-16/h8-9,13,16-17,20H,2-7,10-12H2,1H3/t13?,17-,20?,23+/m1/s1. The molecule has 0 aromatic heterocycles. The second-order valence-electron chi connectivity index (χ2n) is 10.8. The molecular formula is C25H27F6N3O4. The van der Waals surface area contributed by atoms with Gasteiger partial charge in [-0.2, -0.15) is 26.3 Å². The van der Waals surface area contributed by atoms with Crippen LogP contribution in [0.1, 0.15) is 55.7 Å². The Balaban J connectivity index is 1.44. The quantitative estimate of drug-likeness (QED) is 0.389. The third-order valence-corrected chi connectivity index (χ3v) is 9.01. The van der Waals surface area contributed by atoms with Gasteiger partial charge in [0.25, 0.3) is 0 Å². The van der Waals surface area contributed by atoms with Crippen LogP contribution in [-0.4, -0.2) is 59.1 Å². The molecule has 7 nitrogen and oxygen atoms in total. The van der Waals surface area contributed by atoms with E-state index in [1.165, 1.54) is 4.90 Å². The fraction of sp³-hybridized carbons (Fsp3) is 0.680. The van der Waals surface area contributed by atoms with Crippen molar-refractivity contribution in [1.82, 2.24) is 9.80 Å². The second-order valence-corrected chi connectivity index (χ2v) is 10.8. The first-order valence-electron chi connectivity index (χ1n) is 12.6. The summed E-state index contributed by atoms with van der Waals surface area (Å²) in [5.41, 5.74) is -1.85. The predicted octanol–water partition coefficient (Wildman–Crippen LogP) is 5.12. The number of benzene rings is 1. The minimum absolute atomic E-state index is 0.0438. The number of ether oxygens (including phenoxy) is 1. The van der Waals surface area contributed by atoms with Crippen molar-refractivity contribution in [2.24, 2.45) is 16.5 Å². The average Bonchev–Trinajstić information content (AvgIpc) is 3.38. The molecule has 38 heavy (non-hydrogen) atoms. The summed E-state index contributed by atoms with van der Waals surface area (Å²) in [6, 6.07) is -0.264. The van der Waals surface area contributed by atoms with Gasteiger partial charge in [0.05, 0.1) is 11.0 Å². The van der Waals surface area contributed by atoms with Gasteiger partial charge in [0.1, 0.15) is 5.69 Å². The Morgan fingerprint density at radius 1 is 1.11 bits per heavy atom. The van der Waals surface area contributed by atoms with Gasteiger partial charge in [-0.25, -0.2) is 0 Å². The molecule has 4 atom stereocenters. The molecule has 13 heteroatoms. The van der Waals surface area contributed by atoms with Crippen molar-refractivity contribution < 1.29 is 40.7 Å². The van der Waals surface area contributed by atoms with Gasteiger partial charge in [-0.05, 0) is 72.9 Å². The highest BCUT2D eigenvalue weighted by Gasteiger charge is 2.62. The molecule has 1 aromatic rings. The van der Waals surface area contributed by atoms with Crippen LogP contribution in [0.3, 0.4) is 0 Å². The lowest BCUT2D eigenvalue weighted by Gasteiger charge is -2.39. The van der Waals surface area contributed by atoms with Gasteiger partial charge < -0.3 is 14.5 Å². The first kappa shape index (κ1) is 26.9. The molecule has 5 rings (SSSR count). The normalized spacial score (nSPS) is 29.9. The molecule has 2 unspecified atom stereocenters. The van der Waals surface area contributed by atoms with Gasteiger partial charge >= 0.3 is 18.3 Å². The number of hydrogen-bond donors (Lipinski definition) is 0. The molecule has 0 N–H and O–H groups in total. The summed E-state index contributed by atoms with van der Waals surface area (Å²) in [7, 11) is 0. The first-order valence-corrected chi connectivity index (χ1v) is 12.6. The Hall–Kier alpha value is -2.70. The maximum absolute atomic E-state index is 13.8. The first-order chi connectivity index (χ1) is 17.8. The van der Waals surface area contributed by atoms with E-state index >= 15 is 0 Å². The van der Waals surface area contributed by atoms with Crippen molar-refractivity contribution >= 4 is 17.5 Å². The van der Waals surface area contributed by atoms with Crippen LogP contribution in [0.5, 0.6) is 0 Å². The number of fused-ring (bicyclic) bond motifs is 2. The Kier molecular flexibility index (Phi) is 6.51. The summed E-state index contributed by atoms with van der Waals surface area (Å²) in [5, 5.41) is 2.82. The number of hydrogen-bond acceptors (Lipinski definition) is 5. The van der Waals surface area contributed by atoms with Crippen molar-refractivity contribution in [3.63, 3.8) is 0 Å². The third kappa shape index (κ3) is 4.26. The lowest BCUT2D eigenvalue weighted by molar-refractivity contribution is -0.192. The monoisotopic (exact) mass is 547 g/mol. The Morgan fingerprint density at radius 3 is 2.39 bits per heavy atom. The Morgan fingerprint density at radius 2 is 1.79 bits per heavy atom. The molecule has 4 aliphatic rings. The second kappa shape index (κ2) is 9.20. The molecule has 2 saturated heterocycles. The largest absolute Gasteiger partial charge is 0.471 e. The summed E-state index contributed by atoms with van der Waals surface area (Å²) >= 11 is 0. The highest BCUT2D eigenvalue weighted by molar-refractivity contribution is 5.88. The van der Waals surface area contributed by atoms with Gasteiger partial charge in [0, 0.05) is 37.9 Å². The summed E-state index contributed by atoms with van der Waals surface area (Å²) in [6.45, 7) is 2.15. The summed E-state index contributed by atoms with van der Waals surface area (Å²) in [5.74, 6) is -2.60. The molecule has 0 radical (unpaired) electrons. The van der Waals surface area contributed by atoms with E-state index in [-0.39, 0.29) is 81.4 Å². The molecule has 3 fully saturated rings. The molecule has 3 aliphatic heterocycles. The molecule has 1 saturated carbocycles. The number of alkyl halides is 6. The van der Waals surface area contributed by atoms with Gasteiger partial charge in [0.2, 0.25) is 5.91 Å². The highest BCUT2D eigenvalue weighted by Crippen LogP contribution is 2.56. The number of amides is 2. The van der Waals surface area contributed by atoms with E-state index in [0.717, 1.165) is 11.0 Å². The fourth-order valence-electron chi connectivity index (χ4n) is 7.11. The molecule has 0 bridgehead atoms. The lowest BCUT2D eigenvalue weighted by Crippen LogP contribution is -2.53. The number of carbonyl (C=O) groups is 2. The van der Waals surface area contributed by atoms with Crippen molar-refractivity contribution in [1.29, 1.82) is 0 Å². The zero-order valence-electron chi connectivity index (χ0n) is 20.6. The molecule has 1 spiro atoms. The SMILES string of the molecule is CC1C2Cc3c(cc(C(F)(F)F)cc3N=O)CN2C(=O)[C@]12CC[C@@H](N(C(=O)C(F)(F)F)C1CCOCC1)C2. The van der Waals surface area contributed by atoms with Crippen molar-refractivity contribution in [2.75, 3.05) is 13.2 Å². The van der Waals surface area contributed by atoms with Gasteiger partial charge in [0.15, 0.2) is 0 Å². The smallest absolute Gasteiger partial charge is 0.381 e.